The minimum absolute atomic E-state index is 0.0758. The van der Waals surface area contributed by atoms with Gasteiger partial charge in [-0.1, -0.05) is 11.6 Å². The van der Waals surface area contributed by atoms with E-state index in [2.05, 4.69) is 30.5 Å². The van der Waals surface area contributed by atoms with Crippen molar-refractivity contribution in [2.75, 3.05) is 18.1 Å². The van der Waals surface area contributed by atoms with Gasteiger partial charge in [-0.3, -0.25) is 9.69 Å². The summed E-state index contributed by atoms with van der Waals surface area (Å²) in [5, 5.41) is 11.0. The molecule has 4 aromatic rings. The highest BCUT2D eigenvalue weighted by molar-refractivity contribution is 6.31. The molecule has 41 heavy (non-hydrogen) atoms. The zero-order chi connectivity index (χ0) is 28.2. The Morgan fingerprint density at radius 2 is 1.98 bits per heavy atom. The van der Waals surface area contributed by atoms with Crippen molar-refractivity contribution in [3.8, 4) is 16.9 Å². The summed E-state index contributed by atoms with van der Waals surface area (Å²) >= 11 is 6.11. The quantitative estimate of drug-likeness (QED) is 0.377. The number of aromatic amines is 1. The Hall–Kier alpha value is -4.72. The smallest absolute Gasteiger partial charge is 0.415 e. The summed E-state index contributed by atoms with van der Waals surface area (Å²) in [7, 11) is 0. The molecule has 208 valence electrons. The van der Waals surface area contributed by atoms with Crippen molar-refractivity contribution in [2.45, 2.75) is 31.3 Å². The number of carbonyl (C=O) groups excluding carboxylic acids is 2. The average Bonchev–Trinajstić information content (AvgIpc) is 3.77. The number of nitrogens with one attached hydrogen (secondary N) is 1. The maximum Gasteiger partial charge on any atom is 0.415 e. The SMILES string of the molecule is O=C1OCCN1c1nccc(-c2cnc([C@@H]3CC[C@@H]4CC(c5c(-n6cnnn6)ccc(Cl)c5F)=CC(=O)N43)[nH]2)c1F. The average molecular weight is 580 g/mol. The lowest BCUT2D eigenvalue weighted by Gasteiger charge is -2.33. The summed E-state index contributed by atoms with van der Waals surface area (Å²) in [5.41, 5.74) is 1.60. The number of imidazole rings is 1. The first-order valence-electron chi connectivity index (χ1n) is 12.8. The summed E-state index contributed by atoms with van der Waals surface area (Å²) in [6, 6.07) is 3.90. The number of hydrogen-bond donors (Lipinski definition) is 1. The largest absolute Gasteiger partial charge is 0.447 e. The van der Waals surface area contributed by atoms with E-state index in [-0.39, 0.29) is 53.1 Å². The molecule has 6 heterocycles. The van der Waals surface area contributed by atoms with Crippen LogP contribution in [0.1, 0.15) is 36.7 Å². The molecule has 1 aromatic carbocycles. The van der Waals surface area contributed by atoms with Gasteiger partial charge in [-0.2, -0.15) is 4.68 Å². The van der Waals surface area contributed by atoms with Crippen LogP contribution >= 0.6 is 11.6 Å². The number of nitrogens with zero attached hydrogens (tertiary/aromatic N) is 8. The fourth-order valence-electron chi connectivity index (χ4n) is 5.76. The Bertz CT molecular complexity index is 1720. The maximum atomic E-state index is 15.4. The van der Waals surface area contributed by atoms with Crippen LogP contribution in [0.25, 0.3) is 22.5 Å². The zero-order valence-electron chi connectivity index (χ0n) is 21.2. The summed E-state index contributed by atoms with van der Waals surface area (Å²) in [6.45, 7) is 0.358. The molecule has 0 aliphatic carbocycles. The van der Waals surface area contributed by atoms with E-state index < -0.39 is 17.7 Å². The van der Waals surface area contributed by atoms with Crippen LogP contribution < -0.4 is 4.90 Å². The number of amides is 2. The van der Waals surface area contributed by atoms with Gasteiger partial charge in [-0.05, 0) is 53.5 Å². The van der Waals surface area contributed by atoms with Crippen molar-refractivity contribution in [1.82, 2.24) is 40.1 Å². The van der Waals surface area contributed by atoms with E-state index in [1.54, 1.807) is 11.0 Å². The second kappa shape index (κ2) is 9.73. The number of tetrazole rings is 1. The zero-order valence-corrected chi connectivity index (χ0v) is 21.9. The fraction of sp³-hybridized carbons (Fsp3) is 0.269. The van der Waals surface area contributed by atoms with Crippen LogP contribution in [-0.4, -0.2) is 71.3 Å². The molecule has 3 aliphatic rings. The van der Waals surface area contributed by atoms with Crippen molar-refractivity contribution in [2.24, 2.45) is 0 Å². The topological polar surface area (TPSA) is 135 Å². The van der Waals surface area contributed by atoms with E-state index in [4.69, 9.17) is 16.3 Å². The summed E-state index contributed by atoms with van der Waals surface area (Å²) < 4.78 is 37.0. The number of cyclic esters (lactones) is 1. The fourth-order valence-corrected chi connectivity index (χ4v) is 5.92. The first kappa shape index (κ1) is 25.3. The van der Waals surface area contributed by atoms with Gasteiger partial charge in [0.1, 0.15) is 18.8 Å². The molecule has 2 atom stereocenters. The van der Waals surface area contributed by atoms with Gasteiger partial charge >= 0.3 is 6.09 Å². The van der Waals surface area contributed by atoms with Crippen molar-refractivity contribution in [3.63, 3.8) is 0 Å². The Morgan fingerprint density at radius 1 is 1.10 bits per heavy atom. The number of carbonyl (C=O) groups is 2. The van der Waals surface area contributed by atoms with Crippen molar-refractivity contribution in [1.29, 1.82) is 0 Å². The van der Waals surface area contributed by atoms with Gasteiger partial charge in [-0.15, -0.1) is 5.10 Å². The standard InChI is InChI=1S/C26H20ClF2N9O3/c27-16-2-4-18(37-12-32-34-35-37)21(23(16)29)13-9-14-1-3-19(38(14)20(39)10-13)24-31-11-17(33-24)15-5-6-30-25(22(15)28)36-7-8-41-26(36)40/h2,4-6,10-12,14,19H,1,3,7-9H2,(H,31,33)/t14-,19+/m1/s1. The van der Waals surface area contributed by atoms with Crippen molar-refractivity contribution >= 4 is 35.0 Å². The van der Waals surface area contributed by atoms with Crippen molar-refractivity contribution < 1.29 is 23.1 Å². The van der Waals surface area contributed by atoms with Crippen LogP contribution in [0.2, 0.25) is 5.02 Å². The normalized spacial score (nSPS) is 20.4. The molecule has 7 rings (SSSR count). The molecular formula is C26H20ClF2N9O3. The van der Waals surface area contributed by atoms with Gasteiger partial charge in [-0.25, -0.2) is 23.5 Å². The number of rotatable bonds is 5. The minimum atomic E-state index is -0.686. The molecule has 3 aliphatic heterocycles. The third-order valence-corrected chi connectivity index (χ3v) is 7.88. The Kier molecular flexibility index (Phi) is 5.99. The summed E-state index contributed by atoms with van der Waals surface area (Å²) in [5.74, 6) is -1.27. The Labute approximate surface area is 235 Å². The predicted molar refractivity (Wildman–Crippen MR) is 140 cm³/mol. The van der Waals surface area contributed by atoms with Gasteiger partial charge in [0.2, 0.25) is 5.91 Å². The molecule has 2 saturated heterocycles. The molecule has 15 heteroatoms. The van der Waals surface area contributed by atoms with Crippen LogP contribution in [-0.2, 0) is 9.53 Å². The number of pyridine rings is 1. The second-order valence-electron chi connectivity index (χ2n) is 9.82. The molecule has 0 saturated carbocycles. The van der Waals surface area contributed by atoms with Crippen LogP contribution in [0.15, 0.2) is 43.0 Å². The first-order chi connectivity index (χ1) is 19.9. The first-order valence-corrected chi connectivity index (χ1v) is 13.2. The highest BCUT2D eigenvalue weighted by Gasteiger charge is 2.42. The number of anilines is 1. The van der Waals surface area contributed by atoms with Gasteiger partial charge in [0.25, 0.3) is 0 Å². The summed E-state index contributed by atoms with van der Waals surface area (Å²) in [4.78, 5) is 39.9. The van der Waals surface area contributed by atoms with E-state index in [0.29, 0.717) is 42.0 Å². The third-order valence-electron chi connectivity index (χ3n) is 7.59. The molecule has 0 unspecified atom stereocenters. The number of hydrogen-bond acceptors (Lipinski definition) is 8. The van der Waals surface area contributed by atoms with E-state index in [1.165, 1.54) is 41.6 Å². The van der Waals surface area contributed by atoms with Gasteiger partial charge in [0.05, 0.1) is 35.2 Å². The predicted octanol–water partition coefficient (Wildman–Crippen LogP) is 3.86. The van der Waals surface area contributed by atoms with E-state index in [1.807, 2.05) is 0 Å². The maximum absolute atomic E-state index is 15.4. The van der Waals surface area contributed by atoms with Gasteiger partial charge in [0.15, 0.2) is 17.5 Å². The lowest BCUT2D eigenvalue weighted by Crippen LogP contribution is -2.39. The number of ether oxygens (including phenoxy) is 1. The molecule has 2 amide bonds. The van der Waals surface area contributed by atoms with Gasteiger partial charge in [0, 0.05) is 29.4 Å². The molecule has 1 N–H and O–H groups in total. The minimum Gasteiger partial charge on any atom is -0.447 e. The number of halogens is 3. The highest BCUT2D eigenvalue weighted by Crippen LogP contribution is 2.44. The molecule has 0 spiro atoms. The molecule has 0 bridgehead atoms. The van der Waals surface area contributed by atoms with Crippen LogP contribution in [0.4, 0.5) is 19.4 Å². The molecule has 12 nitrogen and oxygen atoms in total. The lowest BCUT2D eigenvalue weighted by atomic mass is 9.92. The number of fused-ring (bicyclic) bond motifs is 1. The monoisotopic (exact) mass is 579 g/mol. The number of H-pyrrole nitrogens is 1. The van der Waals surface area contributed by atoms with Gasteiger partial charge < -0.3 is 14.6 Å². The molecule has 3 aromatic heterocycles. The van der Waals surface area contributed by atoms with Crippen LogP contribution in [0.3, 0.4) is 0 Å². The molecule has 2 fully saturated rings. The van der Waals surface area contributed by atoms with E-state index >= 15 is 8.78 Å². The van der Waals surface area contributed by atoms with E-state index in [0.717, 1.165) is 4.90 Å². The number of benzene rings is 1. The Morgan fingerprint density at radius 3 is 2.76 bits per heavy atom. The molecular weight excluding hydrogens is 560 g/mol. The van der Waals surface area contributed by atoms with Crippen LogP contribution in [0, 0.1) is 11.6 Å². The lowest BCUT2D eigenvalue weighted by molar-refractivity contribution is -0.129. The van der Waals surface area contributed by atoms with E-state index in [9.17, 15) is 9.59 Å². The van der Waals surface area contributed by atoms with Crippen LogP contribution in [0.5, 0.6) is 0 Å². The number of aromatic nitrogens is 7. The second-order valence-corrected chi connectivity index (χ2v) is 10.2. The summed E-state index contributed by atoms with van der Waals surface area (Å²) in [6.07, 6.45) is 6.63. The van der Waals surface area contributed by atoms with Crippen molar-refractivity contribution in [3.05, 3.63) is 71.0 Å². The highest BCUT2D eigenvalue weighted by atomic mass is 35.5. The molecule has 0 radical (unpaired) electrons. The Balaban J connectivity index is 1.19. The third kappa shape index (κ3) is 4.13.